The second-order valence-corrected chi connectivity index (χ2v) is 13.9. The summed E-state index contributed by atoms with van der Waals surface area (Å²) < 4.78 is 31.5. The van der Waals surface area contributed by atoms with E-state index in [1.54, 1.807) is 24.3 Å². The lowest BCUT2D eigenvalue weighted by atomic mass is 9.91. The summed E-state index contributed by atoms with van der Waals surface area (Å²) in [6, 6.07) is 35.5. The molecular weight excluding hydrogens is 465 g/mol. The van der Waals surface area contributed by atoms with Crippen LogP contribution in [0.25, 0.3) is 10.0 Å². The first-order valence-electron chi connectivity index (χ1n) is 11.9. The van der Waals surface area contributed by atoms with Crippen molar-refractivity contribution >= 4 is 34.4 Å². The van der Waals surface area contributed by atoms with E-state index in [0.717, 1.165) is 22.3 Å². The van der Waals surface area contributed by atoms with Gasteiger partial charge in [0.05, 0.1) is 10.9 Å². The number of hydrogen-bond donors (Lipinski definition) is 0. The molecule has 174 valence electrons. The minimum absolute atomic E-state index is 0.341. The summed E-state index contributed by atoms with van der Waals surface area (Å²) in [6.07, 6.45) is 0. The van der Waals surface area contributed by atoms with E-state index in [1.807, 2.05) is 39.7 Å². The van der Waals surface area contributed by atoms with Crippen LogP contribution in [0.1, 0.15) is 33.9 Å². The van der Waals surface area contributed by atoms with Gasteiger partial charge >= 0.3 is 14.4 Å². The number of hydrogen-bond acceptors (Lipinski definition) is 2. The van der Waals surface area contributed by atoms with Crippen LogP contribution in [0.5, 0.6) is 0 Å². The van der Waals surface area contributed by atoms with Crippen molar-refractivity contribution in [2.24, 2.45) is 0 Å². The molecule has 0 saturated heterocycles. The molecule has 5 rings (SSSR count). The maximum absolute atomic E-state index is 14.2. The zero-order valence-electron chi connectivity index (χ0n) is 20.2. The Hall–Kier alpha value is -2.94. The van der Waals surface area contributed by atoms with E-state index < -0.39 is 24.4 Å². The first-order chi connectivity index (χ1) is 16.9. The van der Waals surface area contributed by atoms with E-state index in [-0.39, 0.29) is 6.04 Å². The lowest BCUT2D eigenvalue weighted by Crippen LogP contribution is -2.40. The topological polar surface area (TPSA) is 37.4 Å². The minimum atomic E-state index is -3.73. The SMILES string of the molecule is Cc1ccc(C2=[C](c3ccc(C)cc3)[Al]([CH3])[N](S(=O)(=O)c3ccccc3)C2c2ccccc2)cc1. The van der Waals surface area contributed by atoms with Gasteiger partial charge in [-0.1, -0.05) is 118 Å². The summed E-state index contributed by atoms with van der Waals surface area (Å²) in [7, 11) is -3.73. The first kappa shape index (κ1) is 23.8. The van der Waals surface area contributed by atoms with E-state index in [1.165, 1.54) is 15.6 Å². The molecular formula is C30H28AlNO2S. The monoisotopic (exact) mass is 493 g/mol. The molecule has 0 aromatic heterocycles. The van der Waals surface area contributed by atoms with E-state index in [4.69, 9.17) is 0 Å². The third-order valence-corrected chi connectivity index (χ3v) is 12.7. The molecule has 0 radical (unpaired) electrons. The number of nitrogens with zero attached hydrogens (tertiary/aromatic N) is 1. The molecule has 0 saturated carbocycles. The van der Waals surface area contributed by atoms with Gasteiger partial charge in [-0.15, -0.1) is 0 Å². The van der Waals surface area contributed by atoms with Crippen molar-refractivity contribution < 1.29 is 8.42 Å². The van der Waals surface area contributed by atoms with Crippen molar-refractivity contribution in [1.29, 1.82) is 0 Å². The minimum Gasteiger partial charge on any atom is -0.265 e. The molecule has 1 aliphatic rings. The maximum atomic E-state index is 14.2. The van der Waals surface area contributed by atoms with Crippen LogP contribution in [0.15, 0.2) is 114 Å². The Bertz CT molecular complexity index is 1460. The van der Waals surface area contributed by atoms with Gasteiger partial charge in [0, 0.05) is 0 Å². The Morgan fingerprint density at radius 1 is 0.657 bits per heavy atom. The van der Waals surface area contributed by atoms with Gasteiger partial charge in [-0.3, -0.25) is 3.29 Å². The first-order valence-corrected chi connectivity index (χ1v) is 15.6. The molecule has 0 N–H and O–H groups in total. The zero-order valence-corrected chi connectivity index (χ0v) is 22.2. The molecule has 5 heteroatoms. The Labute approximate surface area is 213 Å². The number of aryl methyl sites for hydroxylation is 2. The molecule has 1 heterocycles. The molecule has 35 heavy (non-hydrogen) atoms. The van der Waals surface area contributed by atoms with Crippen molar-refractivity contribution in [3.8, 4) is 0 Å². The molecule has 0 bridgehead atoms. The molecule has 3 nitrogen and oxygen atoms in total. The number of rotatable bonds is 5. The molecule has 0 spiro atoms. The quantitative estimate of drug-likeness (QED) is 0.286. The van der Waals surface area contributed by atoms with E-state index in [2.05, 4.69) is 68.2 Å². The van der Waals surface area contributed by atoms with Gasteiger partial charge < -0.3 is 0 Å². The lowest BCUT2D eigenvalue weighted by Gasteiger charge is -2.30. The normalized spacial score (nSPS) is 16.7. The predicted molar refractivity (Wildman–Crippen MR) is 145 cm³/mol. The van der Waals surface area contributed by atoms with Gasteiger partial charge in [0.2, 0.25) is 10.0 Å². The Balaban J connectivity index is 1.81. The highest BCUT2D eigenvalue weighted by molar-refractivity contribution is 7.90. The van der Waals surface area contributed by atoms with Gasteiger partial charge in [-0.25, -0.2) is 8.42 Å². The molecule has 1 aliphatic heterocycles. The van der Waals surface area contributed by atoms with E-state index in [0.29, 0.717) is 4.90 Å². The molecule has 1 unspecified atom stereocenters. The predicted octanol–water partition coefficient (Wildman–Crippen LogP) is 6.82. The van der Waals surface area contributed by atoms with Crippen molar-refractivity contribution in [3.63, 3.8) is 0 Å². The molecule has 0 fully saturated rings. The average Bonchev–Trinajstić information content (AvgIpc) is 3.19. The third-order valence-electron chi connectivity index (χ3n) is 6.78. The Kier molecular flexibility index (Phi) is 6.53. The molecule has 4 aromatic carbocycles. The van der Waals surface area contributed by atoms with Crippen LogP contribution in [-0.2, 0) is 10.0 Å². The van der Waals surface area contributed by atoms with Gasteiger partial charge in [-0.05, 0) is 48.2 Å². The van der Waals surface area contributed by atoms with Crippen molar-refractivity contribution in [1.82, 2.24) is 3.29 Å². The largest absolute Gasteiger partial charge is 0.431 e. The van der Waals surface area contributed by atoms with Crippen LogP contribution in [0.2, 0.25) is 5.79 Å². The summed E-state index contributed by atoms with van der Waals surface area (Å²) in [5.41, 5.74) is 6.64. The lowest BCUT2D eigenvalue weighted by molar-refractivity contribution is 0.510. The third kappa shape index (κ3) is 4.42. The highest BCUT2D eigenvalue weighted by Crippen LogP contribution is 2.50. The van der Waals surface area contributed by atoms with Gasteiger partial charge in [0.1, 0.15) is 0 Å². The Morgan fingerprint density at radius 2 is 1.14 bits per heavy atom. The fraction of sp³-hybridized carbons (Fsp3) is 0.133. The van der Waals surface area contributed by atoms with Crippen molar-refractivity contribution in [3.05, 3.63) is 137 Å². The maximum Gasteiger partial charge on any atom is 0.431 e. The summed E-state index contributed by atoms with van der Waals surface area (Å²) >= 11 is -2.16. The summed E-state index contributed by atoms with van der Waals surface area (Å²) in [5.74, 6) is 2.15. The van der Waals surface area contributed by atoms with Crippen molar-refractivity contribution in [2.75, 3.05) is 0 Å². The fourth-order valence-electron chi connectivity index (χ4n) is 5.04. The zero-order chi connectivity index (χ0) is 24.6. The van der Waals surface area contributed by atoms with Crippen LogP contribution >= 0.6 is 0 Å². The average molecular weight is 494 g/mol. The smallest absolute Gasteiger partial charge is 0.265 e. The van der Waals surface area contributed by atoms with Gasteiger partial charge in [0.15, 0.2) is 0 Å². The molecule has 1 atom stereocenters. The molecule has 0 aliphatic carbocycles. The van der Waals surface area contributed by atoms with Gasteiger partial charge in [-0.2, -0.15) is 0 Å². The summed E-state index contributed by atoms with van der Waals surface area (Å²) in [6.45, 7) is 4.15. The summed E-state index contributed by atoms with van der Waals surface area (Å²) in [5, 5.41) is 0. The number of benzene rings is 4. The second-order valence-electron chi connectivity index (χ2n) is 9.20. The van der Waals surface area contributed by atoms with Crippen LogP contribution in [0.3, 0.4) is 0 Å². The van der Waals surface area contributed by atoms with Crippen molar-refractivity contribution in [2.45, 2.75) is 30.6 Å². The van der Waals surface area contributed by atoms with Gasteiger partial charge in [0.25, 0.3) is 0 Å². The highest BCUT2D eigenvalue weighted by Gasteiger charge is 2.49. The number of sulfonamides is 1. The van der Waals surface area contributed by atoms with E-state index in [9.17, 15) is 8.42 Å². The standard InChI is InChI=1S/C29H25NO2S.CH3.Al/c1-22-13-17-24(18-14-22)21-28(25-19-15-23(2)16-20-25)29(26-9-5-3-6-10-26)30-33(31,32)27-11-7-4-8-12-27;;/h3-20,29H,1-2H3;1H3;/q-1;;+1. The van der Waals surface area contributed by atoms with Crippen LogP contribution in [0, 0.1) is 13.8 Å². The molecule has 0 amide bonds. The van der Waals surface area contributed by atoms with Crippen LogP contribution in [0.4, 0.5) is 0 Å². The van der Waals surface area contributed by atoms with Crippen LogP contribution < -0.4 is 0 Å². The summed E-state index contributed by atoms with van der Waals surface area (Å²) in [4.78, 5) is 0.341. The fourth-order valence-corrected chi connectivity index (χ4v) is 11.1. The van der Waals surface area contributed by atoms with E-state index >= 15 is 0 Å². The highest BCUT2D eigenvalue weighted by atomic mass is 32.2. The molecule has 4 aromatic rings. The second kappa shape index (κ2) is 9.60. The Morgan fingerprint density at radius 3 is 1.69 bits per heavy atom. The van der Waals surface area contributed by atoms with Crippen LogP contribution in [-0.4, -0.2) is 26.1 Å².